The molecule has 3 heteroatoms. The highest BCUT2D eigenvalue weighted by Crippen LogP contribution is 2.50. The molecule has 3 aromatic carbocycles. The third kappa shape index (κ3) is 5.96. The number of anilines is 2. The lowest BCUT2D eigenvalue weighted by Crippen LogP contribution is -2.39. The molecule has 0 radical (unpaired) electrons. The summed E-state index contributed by atoms with van der Waals surface area (Å²) >= 11 is 0. The van der Waals surface area contributed by atoms with Crippen molar-refractivity contribution in [3.8, 4) is 11.1 Å². The lowest BCUT2D eigenvalue weighted by Gasteiger charge is -2.36. The summed E-state index contributed by atoms with van der Waals surface area (Å²) in [6, 6.07) is 25.5. The van der Waals surface area contributed by atoms with Gasteiger partial charge in [-0.3, -0.25) is 0 Å². The Balaban J connectivity index is 0.848. The molecule has 3 nitrogen and oxygen atoms in total. The van der Waals surface area contributed by atoms with Gasteiger partial charge in [-0.05, 0) is 109 Å². The van der Waals surface area contributed by atoms with Crippen molar-refractivity contribution < 1.29 is 4.42 Å². The van der Waals surface area contributed by atoms with Gasteiger partial charge in [0.15, 0.2) is 0 Å². The number of furan rings is 1. The van der Waals surface area contributed by atoms with Crippen molar-refractivity contribution in [3.63, 3.8) is 0 Å². The molecular weight excluding hydrogens is 681 g/mol. The Hall–Kier alpha value is -5.80. The van der Waals surface area contributed by atoms with Crippen molar-refractivity contribution >= 4 is 28.4 Å². The Morgan fingerprint density at radius 1 is 0.679 bits per heavy atom. The number of hydrogen-bond donors (Lipinski definition) is 1. The van der Waals surface area contributed by atoms with Gasteiger partial charge in [0.1, 0.15) is 11.3 Å². The molecule has 0 spiro atoms. The normalized spacial score (nSPS) is 28.4. The molecule has 5 aliphatic carbocycles. The van der Waals surface area contributed by atoms with Gasteiger partial charge in [-0.1, -0.05) is 128 Å². The fourth-order valence-electron chi connectivity index (χ4n) is 10.3. The summed E-state index contributed by atoms with van der Waals surface area (Å²) in [5.74, 6) is 3.12. The topological polar surface area (TPSA) is 28.4 Å². The van der Waals surface area contributed by atoms with Crippen LogP contribution in [0.2, 0.25) is 0 Å². The molecular formula is C53H48N2O. The van der Waals surface area contributed by atoms with Gasteiger partial charge in [0.05, 0.1) is 12.1 Å². The number of hydrogen-bond acceptors (Lipinski definition) is 3. The van der Waals surface area contributed by atoms with Crippen molar-refractivity contribution in [1.82, 2.24) is 5.32 Å². The molecule has 0 bridgehead atoms. The third-order valence-corrected chi connectivity index (χ3v) is 13.3. The number of para-hydroxylation sites is 1. The second-order valence-corrected chi connectivity index (χ2v) is 16.6. The van der Waals surface area contributed by atoms with Crippen LogP contribution in [0.25, 0.3) is 28.2 Å². The number of rotatable bonds is 6. The molecule has 2 aliphatic heterocycles. The molecule has 1 aromatic heterocycles. The van der Waals surface area contributed by atoms with Gasteiger partial charge in [0, 0.05) is 57.6 Å². The highest BCUT2D eigenvalue weighted by molar-refractivity contribution is 5.90. The molecule has 56 heavy (non-hydrogen) atoms. The Morgan fingerprint density at radius 2 is 1.55 bits per heavy atom. The van der Waals surface area contributed by atoms with Gasteiger partial charge >= 0.3 is 0 Å². The van der Waals surface area contributed by atoms with E-state index in [-0.39, 0.29) is 6.04 Å². The fourth-order valence-corrected chi connectivity index (χ4v) is 10.3. The van der Waals surface area contributed by atoms with Gasteiger partial charge in [0.25, 0.3) is 0 Å². The standard InChI is InChI=1S/C53H48N2O/c1-3-12-35(13-4-1)42-33-48(37-14-5-2-6-15-37)54-49(34-42)38-24-22-36(23-25-38)40-26-28-51-46(31-40)44-18-7-9-20-50(44)55(51)43-17-11-16-39(30-43)41-27-29-53-47(32-41)45-19-8-10-21-52(45)56-53/h1-7,9-12,14,16-18,20-22,24,26-38,46,48,51,54H,8,13,15,19,23,25H2. The summed E-state index contributed by atoms with van der Waals surface area (Å²) in [5, 5.41) is 5.26. The number of nitrogens with zero attached hydrogens (tertiary/aromatic N) is 1. The van der Waals surface area contributed by atoms with Gasteiger partial charge < -0.3 is 14.6 Å². The minimum absolute atomic E-state index is 0.243. The van der Waals surface area contributed by atoms with Gasteiger partial charge in [-0.25, -0.2) is 0 Å². The summed E-state index contributed by atoms with van der Waals surface area (Å²) < 4.78 is 6.19. The zero-order valence-corrected chi connectivity index (χ0v) is 31.8. The van der Waals surface area contributed by atoms with Crippen molar-refractivity contribution in [2.24, 2.45) is 23.7 Å². The summed E-state index contributed by atoms with van der Waals surface area (Å²) in [6.45, 7) is 0. The van der Waals surface area contributed by atoms with Crippen LogP contribution >= 0.6 is 0 Å². The van der Waals surface area contributed by atoms with E-state index in [2.05, 4.69) is 180 Å². The Kier molecular flexibility index (Phi) is 8.41. The first-order valence-corrected chi connectivity index (χ1v) is 20.9. The van der Waals surface area contributed by atoms with Gasteiger partial charge in [-0.2, -0.15) is 0 Å². The first-order chi connectivity index (χ1) is 27.7. The van der Waals surface area contributed by atoms with Crippen molar-refractivity contribution in [2.75, 3.05) is 4.90 Å². The Bertz CT molecular complexity index is 2520. The zero-order valence-electron chi connectivity index (χ0n) is 31.8. The van der Waals surface area contributed by atoms with E-state index in [4.69, 9.17) is 4.42 Å². The lowest BCUT2D eigenvalue weighted by molar-refractivity contribution is 0.448. The highest BCUT2D eigenvalue weighted by Gasteiger charge is 2.39. The molecule has 11 rings (SSSR count). The largest absolute Gasteiger partial charge is 0.456 e. The molecule has 7 unspecified atom stereocenters. The zero-order chi connectivity index (χ0) is 37.0. The average molecular weight is 729 g/mol. The second kappa shape index (κ2) is 14.0. The smallest absolute Gasteiger partial charge is 0.135 e. The predicted molar refractivity (Wildman–Crippen MR) is 233 cm³/mol. The van der Waals surface area contributed by atoms with Crippen LogP contribution in [0.4, 0.5) is 11.4 Å². The van der Waals surface area contributed by atoms with Crippen LogP contribution < -0.4 is 10.2 Å². The quantitative estimate of drug-likeness (QED) is 0.200. The lowest BCUT2D eigenvalue weighted by atomic mass is 9.77. The van der Waals surface area contributed by atoms with Crippen LogP contribution in [0.5, 0.6) is 0 Å². The van der Waals surface area contributed by atoms with E-state index in [9.17, 15) is 0 Å². The molecule has 4 aromatic rings. The van der Waals surface area contributed by atoms with Crippen molar-refractivity contribution in [1.29, 1.82) is 0 Å². The van der Waals surface area contributed by atoms with Crippen LogP contribution in [0.1, 0.15) is 54.9 Å². The summed E-state index contributed by atoms with van der Waals surface area (Å²) in [4.78, 5) is 2.57. The van der Waals surface area contributed by atoms with E-state index in [1.54, 1.807) is 0 Å². The fraction of sp³-hybridized carbons (Fsp3) is 0.245. The van der Waals surface area contributed by atoms with Gasteiger partial charge in [-0.15, -0.1) is 0 Å². The first-order valence-electron chi connectivity index (χ1n) is 20.9. The molecule has 7 atom stereocenters. The monoisotopic (exact) mass is 728 g/mol. The molecule has 0 saturated heterocycles. The van der Waals surface area contributed by atoms with E-state index in [0.29, 0.717) is 35.6 Å². The SMILES string of the molecule is C1=CCC(C2=CC(C3C=CC=CC3)NC(C3C=CC(C4=CC5c6ccccc6N(c6cccc(-c7ccc8oc9c(c8c7)CCC=C9)c6)C5C=C4)CC3)=C2)C=C1. The van der Waals surface area contributed by atoms with Crippen LogP contribution in [0, 0.1) is 23.7 Å². The number of dihydropyridines is 1. The number of allylic oxidation sites excluding steroid dienone is 14. The number of fused-ring (bicyclic) bond motifs is 6. The van der Waals surface area contributed by atoms with E-state index in [0.717, 1.165) is 49.9 Å². The molecule has 0 fully saturated rings. The molecule has 0 saturated carbocycles. The number of aryl methyl sites for hydroxylation is 1. The van der Waals surface area contributed by atoms with Crippen LogP contribution in [-0.2, 0) is 6.42 Å². The van der Waals surface area contributed by atoms with Gasteiger partial charge in [0.2, 0.25) is 0 Å². The van der Waals surface area contributed by atoms with Crippen LogP contribution in [0.15, 0.2) is 185 Å². The minimum Gasteiger partial charge on any atom is -0.456 e. The number of nitrogens with one attached hydrogen (secondary N) is 1. The maximum absolute atomic E-state index is 6.19. The Morgan fingerprint density at radius 3 is 2.43 bits per heavy atom. The minimum atomic E-state index is 0.243. The van der Waals surface area contributed by atoms with Crippen molar-refractivity contribution in [3.05, 3.63) is 198 Å². The van der Waals surface area contributed by atoms with Crippen LogP contribution in [0.3, 0.4) is 0 Å². The molecule has 3 heterocycles. The summed E-state index contributed by atoms with van der Waals surface area (Å²) in [6.07, 6.45) is 46.7. The van der Waals surface area contributed by atoms with E-state index >= 15 is 0 Å². The first kappa shape index (κ1) is 33.5. The van der Waals surface area contributed by atoms with Crippen molar-refractivity contribution in [2.45, 2.75) is 56.5 Å². The molecule has 7 aliphatic rings. The van der Waals surface area contributed by atoms with E-state index in [1.807, 2.05) is 0 Å². The Labute approximate surface area is 330 Å². The van der Waals surface area contributed by atoms with E-state index < -0.39 is 0 Å². The number of benzene rings is 3. The molecule has 276 valence electrons. The average Bonchev–Trinajstić information content (AvgIpc) is 3.82. The van der Waals surface area contributed by atoms with Crippen LogP contribution in [-0.4, -0.2) is 12.1 Å². The maximum Gasteiger partial charge on any atom is 0.135 e. The molecule has 1 N–H and O–H groups in total. The maximum atomic E-state index is 6.19. The van der Waals surface area contributed by atoms with E-state index in [1.165, 1.54) is 55.9 Å². The third-order valence-electron chi connectivity index (χ3n) is 13.3. The predicted octanol–water partition coefficient (Wildman–Crippen LogP) is 12.8. The second-order valence-electron chi connectivity index (χ2n) is 16.6. The molecule has 0 amide bonds. The summed E-state index contributed by atoms with van der Waals surface area (Å²) in [5.41, 5.74) is 13.1. The summed E-state index contributed by atoms with van der Waals surface area (Å²) in [7, 11) is 0. The highest BCUT2D eigenvalue weighted by atomic mass is 16.3.